The summed E-state index contributed by atoms with van der Waals surface area (Å²) < 4.78 is 31.8. The van der Waals surface area contributed by atoms with Gasteiger partial charge in [-0.3, -0.25) is 0 Å². The fraction of sp³-hybridized carbons (Fsp3) is 0.214. The van der Waals surface area contributed by atoms with Crippen molar-refractivity contribution in [2.24, 2.45) is 0 Å². The molecule has 0 aliphatic heterocycles. The molecule has 3 aromatic rings. The van der Waals surface area contributed by atoms with E-state index in [0.29, 0.717) is 22.2 Å². The van der Waals surface area contributed by atoms with Crippen molar-refractivity contribution in [2.45, 2.75) is 25.3 Å². The van der Waals surface area contributed by atoms with Crippen LogP contribution in [0.3, 0.4) is 0 Å². The zero-order valence-electron chi connectivity index (χ0n) is 11.6. The molecule has 2 aromatic heterocycles. The monoisotopic (exact) mass is 306 g/mol. The normalized spacial score (nSPS) is 12.1. The highest BCUT2D eigenvalue weighted by atomic mass is 32.2. The lowest BCUT2D eigenvalue weighted by Gasteiger charge is -2.06. The van der Waals surface area contributed by atoms with Crippen LogP contribution in [-0.2, 0) is 16.6 Å². The van der Waals surface area contributed by atoms with Gasteiger partial charge in [0.15, 0.2) is 10.7 Å². The first-order valence-corrected chi connectivity index (χ1v) is 7.79. The summed E-state index contributed by atoms with van der Waals surface area (Å²) in [6.45, 7) is 2.91. The Bertz CT molecular complexity index is 902. The summed E-state index contributed by atoms with van der Waals surface area (Å²) in [4.78, 5) is 0.0627. The van der Waals surface area contributed by atoms with Crippen molar-refractivity contribution in [2.75, 3.05) is 0 Å². The first-order chi connectivity index (χ1) is 9.96. The molecule has 2 heterocycles. The average Bonchev–Trinajstić information content (AvgIpc) is 3.00. The van der Waals surface area contributed by atoms with Gasteiger partial charge in [-0.1, -0.05) is 23.4 Å². The highest BCUT2D eigenvalue weighted by molar-refractivity contribution is 7.90. The maximum absolute atomic E-state index is 12.9. The molecule has 0 saturated carbocycles. The van der Waals surface area contributed by atoms with Gasteiger partial charge < -0.3 is 9.63 Å². The van der Waals surface area contributed by atoms with Crippen LogP contribution in [0.1, 0.15) is 17.0 Å². The van der Waals surface area contributed by atoms with Crippen LogP contribution >= 0.6 is 0 Å². The fourth-order valence-electron chi connectivity index (χ4n) is 2.48. The molecule has 0 aliphatic carbocycles. The molecule has 0 bridgehead atoms. The van der Waals surface area contributed by atoms with E-state index >= 15 is 0 Å². The van der Waals surface area contributed by atoms with E-state index in [1.54, 1.807) is 38.1 Å². The third-order valence-electron chi connectivity index (χ3n) is 3.42. The maximum atomic E-state index is 12.9. The Morgan fingerprint density at radius 2 is 2.00 bits per heavy atom. The summed E-state index contributed by atoms with van der Waals surface area (Å²) in [7, 11) is -3.82. The number of aliphatic hydroxyl groups is 1. The Morgan fingerprint density at radius 3 is 2.62 bits per heavy atom. The van der Waals surface area contributed by atoms with Crippen molar-refractivity contribution < 1.29 is 18.0 Å². The summed E-state index contributed by atoms with van der Waals surface area (Å²) >= 11 is 0. The molecule has 1 N–H and O–H groups in total. The Balaban J connectivity index is 2.35. The second kappa shape index (κ2) is 4.71. The SMILES string of the molecule is Cc1noc(C)c1S(=O)(=O)n1cc(CO)c2ccccc21. The molecular weight excluding hydrogens is 292 g/mol. The van der Waals surface area contributed by atoms with E-state index in [4.69, 9.17) is 4.52 Å². The molecule has 0 fully saturated rings. The molecule has 1 aromatic carbocycles. The quantitative estimate of drug-likeness (QED) is 0.799. The minimum atomic E-state index is -3.82. The highest BCUT2D eigenvalue weighted by Gasteiger charge is 2.27. The molecule has 0 atom stereocenters. The number of fused-ring (bicyclic) bond motifs is 1. The minimum absolute atomic E-state index is 0.0627. The first-order valence-electron chi connectivity index (χ1n) is 6.35. The van der Waals surface area contributed by atoms with E-state index in [1.165, 1.54) is 10.2 Å². The predicted octanol–water partition coefficient (Wildman–Crippen LogP) is 1.98. The molecule has 0 amide bonds. The van der Waals surface area contributed by atoms with Gasteiger partial charge >= 0.3 is 0 Å². The van der Waals surface area contributed by atoms with Gasteiger partial charge in [-0.15, -0.1) is 0 Å². The van der Waals surface area contributed by atoms with Crippen LogP contribution in [0.15, 0.2) is 39.9 Å². The number of rotatable bonds is 3. The lowest BCUT2D eigenvalue weighted by Crippen LogP contribution is -2.13. The van der Waals surface area contributed by atoms with Crippen LogP contribution in [0.5, 0.6) is 0 Å². The number of hydrogen-bond acceptors (Lipinski definition) is 5. The van der Waals surface area contributed by atoms with Gasteiger partial charge in [0.25, 0.3) is 10.0 Å². The van der Waals surface area contributed by atoms with Crippen LogP contribution < -0.4 is 0 Å². The lowest BCUT2D eigenvalue weighted by molar-refractivity contribution is 0.283. The molecule has 0 unspecified atom stereocenters. The summed E-state index contributed by atoms with van der Waals surface area (Å²) in [6.07, 6.45) is 1.44. The Morgan fingerprint density at radius 1 is 1.29 bits per heavy atom. The number of aliphatic hydroxyl groups excluding tert-OH is 1. The predicted molar refractivity (Wildman–Crippen MR) is 76.4 cm³/mol. The van der Waals surface area contributed by atoms with Gasteiger partial charge in [0.1, 0.15) is 5.69 Å². The van der Waals surface area contributed by atoms with E-state index in [9.17, 15) is 13.5 Å². The van der Waals surface area contributed by atoms with Crippen molar-refractivity contribution in [3.05, 3.63) is 47.5 Å². The first kappa shape index (κ1) is 13.8. The number of aryl methyl sites for hydroxylation is 2. The topological polar surface area (TPSA) is 85.3 Å². The summed E-state index contributed by atoms with van der Waals surface area (Å²) in [5, 5.41) is 13.8. The van der Waals surface area contributed by atoms with Crippen LogP contribution in [0, 0.1) is 13.8 Å². The van der Waals surface area contributed by atoms with Crippen molar-refractivity contribution in [1.82, 2.24) is 9.13 Å². The van der Waals surface area contributed by atoms with Crippen LogP contribution in [0.25, 0.3) is 10.9 Å². The van der Waals surface area contributed by atoms with E-state index in [1.807, 2.05) is 0 Å². The van der Waals surface area contributed by atoms with Gasteiger partial charge in [0.05, 0.1) is 12.1 Å². The smallest absolute Gasteiger partial charge is 0.273 e. The summed E-state index contributed by atoms with van der Waals surface area (Å²) in [6, 6.07) is 7.03. The van der Waals surface area contributed by atoms with Gasteiger partial charge in [0, 0.05) is 17.1 Å². The third kappa shape index (κ3) is 1.97. The Labute approximate surface area is 121 Å². The average molecular weight is 306 g/mol. The van der Waals surface area contributed by atoms with E-state index in [2.05, 4.69) is 5.16 Å². The third-order valence-corrected chi connectivity index (χ3v) is 5.33. The number of nitrogens with zero attached hydrogens (tertiary/aromatic N) is 2. The van der Waals surface area contributed by atoms with Crippen LogP contribution in [-0.4, -0.2) is 22.7 Å². The standard InChI is InChI=1S/C14H14N2O4S/c1-9-14(10(2)20-15-9)21(18,19)16-7-11(8-17)12-5-3-4-6-13(12)16/h3-7,17H,8H2,1-2H3. The number of aromatic nitrogens is 2. The Kier molecular flexibility index (Phi) is 3.11. The fourth-order valence-corrected chi connectivity index (χ4v) is 4.18. The molecule has 7 heteroatoms. The highest BCUT2D eigenvalue weighted by Crippen LogP contribution is 2.28. The number of para-hydroxylation sites is 1. The van der Waals surface area contributed by atoms with Crippen molar-refractivity contribution in [3.63, 3.8) is 0 Å². The maximum Gasteiger partial charge on any atom is 0.273 e. The minimum Gasteiger partial charge on any atom is -0.392 e. The van der Waals surface area contributed by atoms with Gasteiger partial charge in [-0.05, 0) is 19.9 Å². The molecule has 6 nitrogen and oxygen atoms in total. The molecule has 0 saturated heterocycles. The number of hydrogen-bond donors (Lipinski definition) is 1. The second-order valence-corrected chi connectivity index (χ2v) is 6.54. The van der Waals surface area contributed by atoms with Gasteiger partial charge in [-0.25, -0.2) is 12.4 Å². The number of benzene rings is 1. The van der Waals surface area contributed by atoms with E-state index in [-0.39, 0.29) is 17.3 Å². The molecule has 0 spiro atoms. The molecular formula is C14H14N2O4S. The summed E-state index contributed by atoms with van der Waals surface area (Å²) in [5.41, 5.74) is 1.39. The van der Waals surface area contributed by atoms with Crippen LogP contribution in [0.2, 0.25) is 0 Å². The van der Waals surface area contributed by atoms with E-state index < -0.39 is 10.0 Å². The largest absolute Gasteiger partial charge is 0.392 e. The summed E-state index contributed by atoms with van der Waals surface area (Å²) in [5.74, 6) is 0.246. The van der Waals surface area contributed by atoms with Gasteiger partial charge in [0.2, 0.25) is 0 Å². The molecule has 0 radical (unpaired) electrons. The molecule has 21 heavy (non-hydrogen) atoms. The molecule has 0 aliphatic rings. The molecule has 110 valence electrons. The molecule has 3 rings (SSSR count). The van der Waals surface area contributed by atoms with Crippen molar-refractivity contribution in [1.29, 1.82) is 0 Å². The van der Waals surface area contributed by atoms with Crippen LogP contribution in [0.4, 0.5) is 0 Å². The lowest BCUT2D eigenvalue weighted by atomic mass is 10.2. The zero-order chi connectivity index (χ0) is 15.2. The van der Waals surface area contributed by atoms with Gasteiger partial charge in [-0.2, -0.15) is 0 Å². The zero-order valence-corrected chi connectivity index (χ0v) is 12.4. The van der Waals surface area contributed by atoms with Crippen molar-refractivity contribution in [3.8, 4) is 0 Å². The van der Waals surface area contributed by atoms with Crippen molar-refractivity contribution >= 4 is 20.9 Å². The van der Waals surface area contributed by atoms with E-state index in [0.717, 1.165) is 0 Å². The Hall–Kier alpha value is -2.12. The second-order valence-electron chi connectivity index (χ2n) is 4.78.